The molecule has 0 atom stereocenters. The molecule has 1 fully saturated rings. The zero-order valence-electron chi connectivity index (χ0n) is 16.4. The van der Waals surface area contributed by atoms with Gasteiger partial charge >= 0.3 is 0 Å². The highest BCUT2D eigenvalue weighted by atomic mass is 32.2. The predicted octanol–water partition coefficient (Wildman–Crippen LogP) is 5.56. The Balaban J connectivity index is 1.69. The van der Waals surface area contributed by atoms with Crippen molar-refractivity contribution >= 4 is 45.9 Å². The van der Waals surface area contributed by atoms with E-state index in [1.807, 2.05) is 24.3 Å². The molecule has 0 spiro atoms. The van der Waals surface area contributed by atoms with Crippen molar-refractivity contribution in [3.63, 3.8) is 0 Å². The average Bonchev–Trinajstić information content (AvgIpc) is 2.93. The molecule has 28 heavy (non-hydrogen) atoms. The number of thioether (sulfide) groups is 1. The first-order chi connectivity index (χ1) is 13.3. The average molecular weight is 391 g/mol. The van der Waals surface area contributed by atoms with Crippen LogP contribution in [0.5, 0.6) is 0 Å². The summed E-state index contributed by atoms with van der Waals surface area (Å²) < 4.78 is 0. The van der Waals surface area contributed by atoms with Crippen LogP contribution in [0.15, 0.2) is 59.5 Å². The van der Waals surface area contributed by atoms with E-state index in [1.165, 1.54) is 16.2 Å². The summed E-state index contributed by atoms with van der Waals surface area (Å²) in [7, 11) is 2.09. The molecular weight excluding hydrogens is 368 g/mol. The zero-order chi connectivity index (χ0) is 20.1. The SMILES string of the molecule is CC1=CC(C)(C)N(C)c2ccc(/C=C3/SC(=O)N(c4ccccc4)C3=O)cc21. The highest BCUT2D eigenvalue weighted by molar-refractivity contribution is 8.19. The Hall–Kier alpha value is -2.79. The number of carbonyl (C=O) groups excluding carboxylic acids is 2. The topological polar surface area (TPSA) is 40.6 Å². The van der Waals surface area contributed by atoms with Crippen molar-refractivity contribution in [1.29, 1.82) is 0 Å². The fourth-order valence-electron chi connectivity index (χ4n) is 3.69. The largest absolute Gasteiger partial charge is 0.366 e. The number of likely N-dealkylation sites (N-methyl/N-ethyl adjacent to an activating group) is 1. The number of carbonyl (C=O) groups is 2. The molecule has 0 unspecified atom stereocenters. The highest BCUT2D eigenvalue weighted by Gasteiger charge is 2.36. The minimum absolute atomic E-state index is 0.0447. The molecule has 2 aromatic carbocycles. The smallest absolute Gasteiger partial charge is 0.298 e. The van der Waals surface area contributed by atoms with Gasteiger partial charge in [-0.25, -0.2) is 4.90 Å². The third-order valence-corrected chi connectivity index (χ3v) is 6.22. The third-order valence-electron chi connectivity index (χ3n) is 5.35. The molecule has 0 radical (unpaired) electrons. The van der Waals surface area contributed by atoms with Gasteiger partial charge in [0.05, 0.1) is 16.1 Å². The van der Waals surface area contributed by atoms with Gasteiger partial charge in [-0.05, 0) is 74.0 Å². The summed E-state index contributed by atoms with van der Waals surface area (Å²) in [6.07, 6.45) is 4.06. The van der Waals surface area contributed by atoms with Gasteiger partial charge in [0.15, 0.2) is 0 Å². The first-order valence-electron chi connectivity index (χ1n) is 9.19. The van der Waals surface area contributed by atoms with Gasteiger partial charge < -0.3 is 4.90 Å². The molecule has 0 aromatic heterocycles. The van der Waals surface area contributed by atoms with E-state index < -0.39 is 0 Å². The summed E-state index contributed by atoms with van der Waals surface area (Å²) in [5.74, 6) is -0.274. The van der Waals surface area contributed by atoms with E-state index >= 15 is 0 Å². The van der Waals surface area contributed by atoms with Gasteiger partial charge in [0.25, 0.3) is 11.1 Å². The second-order valence-electron chi connectivity index (χ2n) is 7.67. The number of rotatable bonds is 2. The van der Waals surface area contributed by atoms with Gasteiger partial charge in [0.2, 0.25) is 0 Å². The van der Waals surface area contributed by atoms with Gasteiger partial charge in [-0.2, -0.15) is 0 Å². The van der Waals surface area contributed by atoms with E-state index in [0.717, 1.165) is 22.9 Å². The number of para-hydroxylation sites is 1. The van der Waals surface area contributed by atoms with Crippen LogP contribution in [-0.4, -0.2) is 23.7 Å². The van der Waals surface area contributed by atoms with Crippen LogP contribution in [-0.2, 0) is 4.79 Å². The standard InChI is InChI=1S/C23H22N2O2S/c1-15-14-23(2,3)24(4)19-11-10-16(12-18(15)19)13-20-21(26)25(22(27)28-20)17-8-6-5-7-9-17/h5-14H,1-4H3/b20-13+. The monoisotopic (exact) mass is 390 g/mol. The summed E-state index contributed by atoms with van der Waals surface area (Å²) >= 11 is 0.983. The number of imide groups is 1. The molecule has 4 rings (SSSR count). The van der Waals surface area contributed by atoms with Gasteiger partial charge in [0.1, 0.15) is 0 Å². The molecule has 0 saturated carbocycles. The van der Waals surface area contributed by atoms with E-state index in [4.69, 9.17) is 0 Å². The first kappa shape index (κ1) is 18.6. The van der Waals surface area contributed by atoms with Gasteiger partial charge in [0, 0.05) is 18.3 Å². The number of fused-ring (bicyclic) bond motifs is 1. The van der Waals surface area contributed by atoms with Crippen LogP contribution in [0.3, 0.4) is 0 Å². The maximum Gasteiger partial charge on any atom is 0.298 e. The summed E-state index contributed by atoms with van der Waals surface area (Å²) in [5, 5.41) is -0.266. The van der Waals surface area contributed by atoms with Crippen LogP contribution in [0.1, 0.15) is 31.9 Å². The van der Waals surface area contributed by atoms with Crippen molar-refractivity contribution in [2.75, 3.05) is 16.8 Å². The maximum absolute atomic E-state index is 12.8. The Morgan fingerprint density at radius 2 is 1.75 bits per heavy atom. The third kappa shape index (κ3) is 3.06. The predicted molar refractivity (Wildman–Crippen MR) is 117 cm³/mol. The van der Waals surface area contributed by atoms with E-state index in [-0.39, 0.29) is 16.7 Å². The lowest BCUT2D eigenvalue weighted by atomic mass is 9.88. The molecule has 142 valence electrons. The Kier molecular flexibility index (Phi) is 4.42. The summed E-state index contributed by atoms with van der Waals surface area (Å²) in [5.41, 5.74) is 5.00. The van der Waals surface area contributed by atoms with Crippen LogP contribution in [0.4, 0.5) is 16.2 Å². The Labute approximate surface area is 169 Å². The van der Waals surface area contributed by atoms with E-state index in [2.05, 4.69) is 50.9 Å². The van der Waals surface area contributed by atoms with Gasteiger partial charge in [-0.3, -0.25) is 9.59 Å². The number of allylic oxidation sites excluding steroid dienone is 1. The van der Waals surface area contributed by atoms with Crippen LogP contribution < -0.4 is 9.80 Å². The van der Waals surface area contributed by atoms with Gasteiger partial charge in [-0.15, -0.1) is 0 Å². The lowest BCUT2D eigenvalue weighted by Gasteiger charge is -2.40. The number of amides is 2. The van der Waals surface area contributed by atoms with Crippen molar-refractivity contribution in [1.82, 2.24) is 0 Å². The van der Waals surface area contributed by atoms with Crippen molar-refractivity contribution in [2.24, 2.45) is 0 Å². The molecule has 2 aliphatic heterocycles. The maximum atomic E-state index is 12.8. The van der Waals surface area contributed by atoms with Crippen LogP contribution >= 0.6 is 11.8 Å². The summed E-state index contributed by atoms with van der Waals surface area (Å²) in [6.45, 7) is 6.49. The molecule has 2 heterocycles. The number of anilines is 2. The van der Waals surface area contributed by atoms with Crippen molar-refractivity contribution in [3.8, 4) is 0 Å². The lowest BCUT2D eigenvalue weighted by molar-refractivity contribution is -0.113. The molecule has 2 aliphatic rings. The highest BCUT2D eigenvalue weighted by Crippen LogP contribution is 2.40. The van der Waals surface area contributed by atoms with Crippen molar-refractivity contribution in [2.45, 2.75) is 26.3 Å². The lowest BCUT2D eigenvalue weighted by Crippen LogP contribution is -2.42. The van der Waals surface area contributed by atoms with Crippen LogP contribution in [0.25, 0.3) is 11.6 Å². The van der Waals surface area contributed by atoms with Gasteiger partial charge in [-0.1, -0.05) is 30.3 Å². The molecule has 4 nitrogen and oxygen atoms in total. The van der Waals surface area contributed by atoms with Crippen molar-refractivity contribution in [3.05, 3.63) is 70.6 Å². The number of benzene rings is 2. The first-order valence-corrected chi connectivity index (χ1v) is 10.0. The zero-order valence-corrected chi connectivity index (χ0v) is 17.2. The summed E-state index contributed by atoms with van der Waals surface area (Å²) in [6, 6.07) is 15.2. The number of hydrogen-bond acceptors (Lipinski definition) is 4. The molecule has 0 N–H and O–H groups in total. The second kappa shape index (κ2) is 6.67. The molecule has 0 aliphatic carbocycles. The number of hydrogen-bond donors (Lipinski definition) is 0. The van der Waals surface area contributed by atoms with Crippen LogP contribution in [0.2, 0.25) is 0 Å². The summed E-state index contributed by atoms with van der Waals surface area (Å²) in [4.78, 5) is 29.1. The molecule has 2 aromatic rings. The molecule has 0 bridgehead atoms. The van der Waals surface area contributed by atoms with E-state index in [9.17, 15) is 9.59 Å². The Morgan fingerprint density at radius 1 is 1.04 bits per heavy atom. The van der Waals surface area contributed by atoms with E-state index in [0.29, 0.717) is 10.6 Å². The minimum Gasteiger partial charge on any atom is -0.366 e. The Bertz CT molecular complexity index is 1040. The minimum atomic E-state index is -0.274. The van der Waals surface area contributed by atoms with E-state index in [1.54, 1.807) is 18.2 Å². The normalized spacial score (nSPS) is 19.9. The quantitative estimate of drug-likeness (QED) is 0.630. The fourth-order valence-corrected chi connectivity index (χ4v) is 4.53. The number of nitrogens with zero attached hydrogens (tertiary/aromatic N) is 2. The molecular formula is C23H22N2O2S. The van der Waals surface area contributed by atoms with Crippen LogP contribution in [0, 0.1) is 0 Å². The molecule has 1 saturated heterocycles. The fraction of sp³-hybridized carbons (Fsp3) is 0.217. The Morgan fingerprint density at radius 3 is 2.46 bits per heavy atom. The molecule has 2 amide bonds. The second-order valence-corrected chi connectivity index (χ2v) is 8.66. The van der Waals surface area contributed by atoms with Crippen molar-refractivity contribution < 1.29 is 9.59 Å². The molecule has 5 heteroatoms.